The second-order valence-corrected chi connectivity index (χ2v) is 7.08. The molecule has 1 atom stereocenters. The van der Waals surface area contributed by atoms with Gasteiger partial charge in [0.25, 0.3) is 0 Å². The monoisotopic (exact) mass is 365 g/mol. The summed E-state index contributed by atoms with van der Waals surface area (Å²) >= 11 is 10.5. The third-order valence-electron chi connectivity index (χ3n) is 2.11. The first-order chi connectivity index (χ1) is 7.22. The average Bonchev–Trinajstić information content (AvgIpc) is 2.80. The first-order valence-corrected chi connectivity index (χ1v) is 7.71. The number of hydrogen-bond acceptors (Lipinski definition) is 3. The van der Waals surface area contributed by atoms with Gasteiger partial charge in [-0.3, -0.25) is 0 Å². The SMILES string of the molecule is CNC(c1ccsc1)c1cc(Br)c(Br)s1. The summed E-state index contributed by atoms with van der Waals surface area (Å²) in [5.74, 6) is 0. The first kappa shape index (κ1) is 11.8. The zero-order valence-electron chi connectivity index (χ0n) is 7.96. The summed E-state index contributed by atoms with van der Waals surface area (Å²) in [6.07, 6.45) is 0. The van der Waals surface area contributed by atoms with Crippen LogP contribution in [0.25, 0.3) is 0 Å². The molecule has 0 amide bonds. The van der Waals surface area contributed by atoms with Gasteiger partial charge in [-0.05, 0) is 67.4 Å². The lowest BCUT2D eigenvalue weighted by Crippen LogP contribution is -2.15. The highest BCUT2D eigenvalue weighted by Gasteiger charge is 2.16. The fraction of sp³-hybridized carbons (Fsp3) is 0.200. The van der Waals surface area contributed by atoms with Crippen molar-refractivity contribution in [3.63, 3.8) is 0 Å². The van der Waals surface area contributed by atoms with Crippen molar-refractivity contribution >= 4 is 54.5 Å². The molecular formula is C10H9Br2NS2. The van der Waals surface area contributed by atoms with Crippen LogP contribution in [0.5, 0.6) is 0 Å². The molecule has 2 aromatic heterocycles. The van der Waals surface area contributed by atoms with Crippen LogP contribution < -0.4 is 5.32 Å². The molecule has 80 valence electrons. The highest BCUT2D eigenvalue weighted by atomic mass is 79.9. The fourth-order valence-electron chi connectivity index (χ4n) is 1.42. The minimum absolute atomic E-state index is 0.295. The standard InChI is InChI=1S/C10H9Br2NS2/c1-13-9(6-2-3-14-5-6)8-4-7(11)10(12)15-8/h2-5,9,13H,1H3. The van der Waals surface area contributed by atoms with Crippen molar-refractivity contribution in [2.24, 2.45) is 0 Å². The normalized spacial score (nSPS) is 13.0. The number of nitrogens with one attached hydrogen (secondary N) is 1. The van der Waals surface area contributed by atoms with Gasteiger partial charge in [0, 0.05) is 9.35 Å². The van der Waals surface area contributed by atoms with E-state index in [1.165, 1.54) is 10.4 Å². The molecule has 2 aromatic rings. The minimum atomic E-state index is 0.295. The lowest BCUT2D eigenvalue weighted by atomic mass is 10.1. The third-order valence-corrected chi connectivity index (χ3v) is 6.14. The van der Waals surface area contributed by atoms with Gasteiger partial charge in [0.1, 0.15) is 0 Å². The van der Waals surface area contributed by atoms with E-state index in [9.17, 15) is 0 Å². The predicted molar refractivity (Wildman–Crippen MR) is 74.9 cm³/mol. The number of thiophene rings is 2. The van der Waals surface area contributed by atoms with Gasteiger partial charge in [0.2, 0.25) is 0 Å². The predicted octanol–water partition coefficient (Wildman–Crippen LogP) is 4.64. The summed E-state index contributed by atoms with van der Waals surface area (Å²) in [6, 6.07) is 4.62. The Kier molecular flexibility index (Phi) is 4.01. The lowest BCUT2D eigenvalue weighted by molar-refractivity contribution is 0.706. The Morgan fingerprint density at radius 1 is 1.40 bits per heavy atom. The highest BCUT2D eigenvalue weighted by Crippen LogP contribution is 2.37. The molecule has 0 spiro atoms. The van der Waals surface area contributed by atoms with Crippen LogP contribution in [0.3, 0.4) is 0 Å². The van der Waals surface area contributed by atoms with E-state index in [-0.39, 0.29) is 0 Å². The van der Waals surface area contributed by atoms with Crippen molar-refractivity contribution in [2.75, 3.05) is 7.05 Å². The van der Waals surface area contributed by atoms with Crippen molar-refractivity contribution in [3.8, 4) is 0 Å². The van der Waals surface area contributed by atoms with Crippen LogP contribution in [0, 0.1) is 0 Å². The van der Waals surface area contributed by atoms with Crippen LogP contribution in [-0.2, 0) is 0 Å². The molecule has 15 heavy (non-hydrogen) atoms. The van der Waals surface area contributed by atoms with Gasteiger partial charge in [-0.1, -0.05) is 0 Å². The van der Waals surface area contributed by atoms with Gasteiger partial charge >= 0.3 is 0 Å². The maximum atomic E-state index is 3.52. The maximum Gasteiger partial charge on any atom is 0.0843 e. The Morgan fingerprint density at radius 3 is 2.67 bits per heavy atom. The maximum absolute atomic E-state index is 3.52. The molecule has 0 aliphatic heterocycles. The molecule has 0 saturated heterocycles. The van der Waals surface area contributed by atoms with E-state index in [1.807, 2.05) is 7.05 Å². The van der Waals surface area contributed by atoms with Crippen LogP contribution in [0.2, 0.25) is 0 Å². The average molecular weight is 367 g/mol. The third kappa shape index (κ3) is 2.53. The quantitative estimate of drug-likeness (QED) is 0.833. The molecule has 0 aromatic carbocycles. The summed E-state index contributed by atoms with van der Waals surface area (Å²) in [6.45, 7) is 0. The van der Waals surface area contributed by atoms with Gasteiger partial charge in [-0.25, -0.2) is 0 Å². The zero-order valence-corrected chi connectivity index (χ0v) is 12.8. The molecule has 0 bridgehead atoms. The molecule has 5 heteroatoms. The van der Waals surface area contributed by atoms with Gasteiger partial charge in [-0.15, -0.1) is 11.3 Å². The Morgan fingerprint density at radius 2 is 2.20 bits per heavy atom. The van der Waals surface area contributed by atoms with E-state index in [1.54, 1.807) is 22.7 Å². The molecule has 2 rings (SSSR count). The molecule has 0 radical (unpaired) electrons. The molecular weight excluding hydrogens is 358 g/mol. The Hall–Kier alpha value is 0.320. The number of halogens is 2. The van der Waals surface area contributed by atoms with Gasteiger partial charge in [0.15, 0.2) is 0 Å². The molecule has 1 N–H and O–H groups in total. The Balaban J connectivity index is 2.35. The second kappa shape index (κ2) is 5.10. The van der Waals surface area contributed by atoms with Crippen molar-refractivity contribution < 1.29 is 0 Å². The first-order valence-electron chi connectivity index (χ1n) is 4.36. The summed E-state index contributed by atoms with van der Waals surface area (Å²) in [5, 5.41) is 7.63. The smallest absolute Gasteiger partial charge is 0.0843 e. The lowest BCUT2D eigenvalue weighted by Gasteiger charge is -2.12. The van der Waals surface area contributed by atoms with Crippen LogP contribution in [-0.4, -0.2) is 7.05 Å². The van der Waals surface area contributed by atoms with Crippen molar-refractivity contribution in [1.29, 1.82) is 0 Å². The van der Waals surface area contributed by atoms with Gasteiger partial charge < -0.3 is 5.32 Å². The summed E-state index contributed by atoms with van der Waals surface area (Å²) in [5.41, 5.74) is 1.32. The van der Waals surface area contributed by atoms with Crippen LogP contribution in [0.1, 0.15) is 16.5 Å². The van der Waals surface area contributed by atoms with E-state index >= 15 is 0 Å². The topological polar surface area (TPSA) is 12.0 Å². The summed E-state index contributed by atoms with van der Waals surface area (Å²) in [7, 11) is 1.99. The molecule has 1 nitrogen and oxygen atoms in total. The van der Waals surface area contributed by atoms with E-state index in [4.69, 9.17) is 0 Å². The van der Waals surface area contributed by atoms with Gasteiger partial charge in [0.05, 0.1) is 9.83 Å². The highest BCUT2D eigenvalue weighted by molar-refractivity contribution is 9.13. The molecule has 0 saturated carbocycles. The molecule has 0 fully saturated rings. The number of rotatable bonds is 3. The van der Waals surface area contributed by atoms with Gasteiger partial charge in [-0.2, -0.15) is 11.3 Å². The molecule has 1 unspecified atom stereocenters. The summed E-state index contributed by atoms with van der Waals surface area (Å²) < 4.78 is 2.27. The number of hydrogen-bond donors (Lipinski definition) is 1. The molecule has 0 aliphatic rings. The van der Waals surface area contributed by atoms with Crippen LogP contribution in [0.4, 0.5) is 0 Å². The Bertz CT molecular complexity index is 417. The van der Waals surface area contributed by atoms with Crippen molar-refractivity contribution in [2.45, 2.75) is 6.04 Å². The van der Waals surface area contributed by atoms with E-state index in [0.29, 0.717) is 6.04 Å². The van der Waals surface area contributed by atoms with Crippen LogP contribution in [0.15, 0.2) is 31.2 Å². The Labute approximate surface area is 114 Å². The zero-order chi connectivity index (χ0) is 10.8. The fourth-order valence-corrected chi connectivity index (χ4v) is 4.33. The summed E-state index contributed by atoms with van der Waals surface area (Å²) in [4.78, 5) is 1.31. The van der Waals surface area contributed by atoms with E-state index in [2.05, 4.69) is 60.1 Å². The van der Waals surface area contributed by atoms with E-state index in [0.717, 1.165) is 8.26 Å². The van der Waals surface area contributed by atoms with Crippen molar-refractivity contribution in [3.05, 3.63) is 41.6 Å². The minimum Gasteiger partial charge on any atom is -0.309 e. The molecule has 0 aliphatic carbocycles. The second-order valence-electron chi connectivity index (χ2n) is 3.05. The van der Waals surface area contributed by atoms with Crippen molar-refractivity contribution in [1.82, 2.24) is 5.32 Å². The molecule has 2 heterocycles. The van der Waals surface area contributed by atoms with E-state index < -0.39 is 0 Å². The van der Waals surface area contributed by atoms with Crippen LogP contribution >= 0.6 is 54.5 Å². The largest absolute Gasteiger partial charge is 0.309 e.